The summed E-state index contributed by atoms with van der Waals surface area (Å²) in [5.74, 6) is -0.0369. The monoisotopic (exact) mass is 280 g/mol. The molecule has 104 valence electrons. The molecule has 0 atom stereocenters. The second kappa shape index (κ2) is 7.21. The average molecular weight is 280 g/mol. The molecule has 0 saturated carbocycles. The molecule has 0 aliphatic carbocycles. The number of carbonyl (C=O) groups excluding carboxylic acids is 1. The lowest BCUT2D eigenvalue weighted by molar-refractivity contribution is 0.0635. The lowest BCUT2D eigenvalue weighted by Crippen LogP contribution is -2.39. The number of carbonyl (C=O) groups is 1. The lowest BCUT2D eigenvalue weighted by Gasteiger charge is -2.26. The minimum atomic E-state index is -0.0369. The van der Waals surface area contributed by atoms with Gasteiger partial charge in [0.1, 0.15) is 4.99 Å². The second-order valence-electron chi connectivity index (χ2n) is 4.53. The zero-order chi connectivity index (χ0) is 14.4. The Hall–Kier alpha value is -1.46. The number of rotatable bonds is 6. The highest BCUT2D eigenvalue weighted by Gasteiger charge is 2.18. The Bertz CT molecular complexity index is 461. The fourth-order valence-corrected chi connectivity index (χ4v) is 1.88. The minimum absolute atomic E-state index is 0.0369. The summed E-state index contributed by atoms with van der Waals surface area (Å²) in [5, 5.41) is 0. The lowest BCUT2D eigenvalue weighted by atomic mass is 10.1. The largest absolute Gasteiger partial charge is 0.389 e. The van der Waals surface area contributed by atoms with Crippen LogP contribution in [0.25, 0.3) is 0 Å². The van der Waals surface area contributed by atoms with Gasteiger partial charge in [-0.05, 0) is 26.0 Å². The van der Waals surface area contributed by atoms with Gasteiger partial charge < -0.3 is 15.4 Å². The molecule has 0 aliphatic heterocycles. The van der Waals surface area contributed by atoms with Crippen LogP contribution in [0.3, 0.4) is 0 Å². The van der Waals surface area contributed by atoms with Crippen molar-refractivity contribution < 1.29 is 9.53 Å². The molecule has 1 rings (SSSR count). The van der Waals surface area contributed by atoms with Crippen LogP contribution in [-0.4, -0.2) is 42.1 Å². The highest BCUT2D eigenvalue weighted by atomic mass is 32.1. The van der Waals surface area contributed by atoms with Crippen molar-refractivity contribution in [2.75, 3.05) is 20.3 Å². The average Bonchev–Trinajstić information content (AvgIpc) is 2.38. The van der Waals surface area contributed by atoms with Gasteiger partial charge in [0.15, 0.2) is 0 Å². The molecule has 5 heteroatoms. The minimum Gasteiger partial charge on any atom is -0.389 e. The van der Waals surface area contributed by atoms with E-state index in [4.69, 9.17) is 22.7 Å². The van der Waals surface area contributed by atoms with Gasteiger partial charge in [-0.25, -0.2) is 0 Å². The number of methoxy groups -OCH3 is 1. The van der Waals surface area contributed by atoms with Crippen LogP contribution < -0.4 is 5.73 Å². The molecule has 0 bridgehead atoms. The summed E-state index contributed by atoms with van der Waals surface area (Å²) >= 11 is 4.93. The first-order valence-corrected chi connectivity index (χ1v) is 6.58. The Morgan fingerprint density at radius 2 is 2.05 bits per heavy atom. The first-order chi connectivity index (χ1) is 8.97. The number of nitrogens with zero attached hydrogens (tertiary/aromatic N) is 1. The van der Waals surface area contributed by atoms with Crippen molar-refractivity contribution in [1.82, 2.24) is 4.90 Å². The molecule has 0 aromatic heterocycles. The van der Waals surface area contributed by atoms with E-state index in [2.05, 4.69) is 0 Å². The zero-order valence-electron chi connectivity index (χ0n) is 11.6. The number of thiocarbonyl (C=S) groups is 1. The van der Waals surface area contributed by atoms with Gasteiger partial charge >= 0.3 is 0 Å². The molecule has 1 aromatic carbocycles. The zero-order valence-corrected chi connectivity index (χ0v) is 12.4. The van der Waals surface area contributed by atoms with Crippen molar-refractivity contribution in [2.24, 2.45) is 5.73 Å². The third-order valence-corrected chi connectivity index (χ3v) is 3.05. The van der Waals surface area contributed by atoms with Crippen molar-refractivity contribution in [3.8, 4) is 0 Å². The maximum atomic E-state index is 12.5. The van der Waals surface area contributed by atoms with Crippen LogP contribution >= 0.6 is 12.2 Å². The summed E-state index contributed by atoms with van der Waals surface area (Å²) in [6, 6.07) is 7.19. The smallest absolute Gasteiger partial charge is 0.254 e. The predicted molar refractivity (Wildman–Crippen MR) is 80.4 cm³/mol. The van der Waals surface area contributed by atoms with E-state index in [1.165, 1.54) is 0 Å². The fourth-order valence-electron chi connectivity index (χ4n) is 1.76. The Kier molecular flexibility index (Phi) is 5.92. The van der Waals surface area contributed by atoms with Gasteiger partial charge in [0.25, 0.3) is 5.91 Å². The van der Waals surface area contributed by atoms with Gasteiger partial charge in [-0.2, -0.15) is 0 Å². The quantitative estimate of drug-likeness (QED) is 0.808. The van der Waals surface area contributed by atoms with E-state index in [-0.39, 0.29) is 11.9 Å². The molecule has 0 saturated heterocycles. The van der Waals surface area contributed by atoms with Crippen LogP contribution in [0.4, 0.5) is 0 Å². The summed E-state index contributed by atoms with van der Waals surface area (Å²) < 4.78 is 5.04. The van der Waals surface area contributed by atoms with Gasteiger partial charge in [0.2, 0.25) is 0 Å². The van der Waals surface area contributed by atoms with E-state index in [1.54, 1.807) is 36.3 Å². The SMILES string of the molecule is COCCN(C(=O)c1cccc(C(N)=S)c1)C(C)C. The van der Waals surface area contributed by atoms with Gasteiger partial charge in [0, 0.05) is 30.8 Å². The maximum Gasteiger partial charge on any atom is 0.254 e. The summed E-state index contributed by atoms with van der Waals surface area (Å²) in [4.78, 5) is 14.5. The Balaban J connectivity index is 2.95. The van der Waals surface area contributed by atoms with E-state index in [1.807, 2.05) is 13.8 Å². The number of benzene rings is 1. The number of nitrogens with two attached hydrogens (primary N) is 1. The van der Waals surface area contributed by atoms with E-state index in [9.17, 15) is 4.79 Å². The van der Waals surface area contributed by atoms with Crippen molar-refractivity contribution in [2.45, 2.75) is 19.9 Å². The standard InChI is InChI=1S/C14H20N2O2S/c1-10(2)16(7-8-18-3)14(17)12-6-4-5-11(9-12)13(15)19/h4-6,9-10H,7-8H2,1-3H3,(H2,15,19). The maximum absolute atomic E-state index is 12.5. The van der Waals surface area contributed by atoms with Gasteiger partial charge in [0.05, 0.1) is 6.61 Å². The van der Waals surface area contributed by atoms with E-state index >= 15 is 0 Å². The Morgan fingerprint density at radius 1 is 1.42 bits per heavy atom. The molecule has 2 N–H and O–H groups in total. The summed E-state index contributed by atoms with van der Waals surface area (Å²) in [7, 11) is 1.62. The van der Waals surface area contributed by atoms with Crippen LogP contribution in [0.2, 0.25) is 0 Å². The fraction of sp³-hybridized carbons (Fsp3) is 0.429. The number of amides is 1. The topological polar surface area (TPSA) is 55.6 Å². The van der Waals surface area contributed by atoms with Crippen LogP contribution in [0.5, 0.6) is 0 Å². The third-order valence-electron chi connectivity index (χ3n) is 2.81. The molecule has 4 nitrogen and oxygen atoms in total. The van der Waals surface area contributed by atoms with Crippen LogP contribution in [0.15, 0.2) is 24.3 Å². The summed E-state index contributed by atoms with van der Waals surface area (Å²) in [6.45, 7) is 5.03. The molecule has 0 aliphatic rings. The first kappa shape index (κ1) is 15.6. The van der Waals surface area contributed by atoms with Gasteiger partial charge in [-0.15, -0.1) is 0 Å². The van der Waals surface area contributed by atoms with Crippen molar-refractivity contribution in [3.63, 3.8) is 0 Å². The predicted octanol–water partition coefficient (Wildman–Crippen LogP) is 1.82. The van der Waals surface area contributed by atoms with Gasteiger partial charge in [-0.3, -0.25) is 4.79 Å². The molecule has 0 spiro atoms. The van der Waals surface area contributed by atoms with Gasteiger partial charge in [-0.1, -0.05) is 24.4 Å². The molecule has 1 aromatic rings. The molecule has 0 fully saturated rings. The molecular formula is C14H20N2O2S. The summed E-state index contributed by atoms with van der Waals surface area (Å²) in [6.07, 6.45) is 0. The van der Waals surface area contributed by atoms with Crippen LogP contribution in [0.1, 0.15) is 29.8 Å². The second-order valence-corrected chi connectivity index (χ2v) is 4.97. The number of ether oxygens (including phenoxy) is 1. The molecular weight excluding hydrogens is 260 g/mol. The van der Waals surface area contributed by atoms with E-state index in [0.29, 0.717) is 29.3 Å². The Labute approximate surface area is 119 Å². The van der Waals surface area contributed by atoms with Crippen LogP contribution in [0, 0.1) is 0 Å². The molecule has 0 unspecified atom stereocenters. The van der Waals surface area contributed by atoms with E-state index in [0.717, 1.165) is 0 Å². The highest BCUT2D eigenvalue weighted by Crippen LogP contribution is 2.11. The van der Waals surface area contributed by atoms with Crippen molar-refractivity contribution >= 4 is 23.1 Å². The number of hydrogen-bond acceptors (Lipinski definition) is 3. The Morgan fingerprint density at radius 3 is 2.58 bits per heavy atom. The normalized spacial score (nSPS) is 10.5. The van der Waals surface area contributed by atoms with E-state index < -0.39 is 0 Å². The van der Waals surface area contributed by atoms with Crippen LogP contribution in [-0.2, 0) is 4.74 Å². The molecule has 0 radical (unpaired) electrons. The molecule has 19 heavy (non-hydrogen) atoms. The summed E-state index contributed by atoms with van der Waals surface area (Å²) in [5.41, 5.74) is 6.88. The van der Waals surface area contributed by atoms with Crippen molar-refractivity contribution in [3.05, 3.63) is 35.4 Å². The first-order valence-electron chi connectivity index (χ1n) is 6.17. The molecule has 1 amide bonds. The van der Waals surface area contributed by atoms with Crippen molar-refractivity contribution in [1.29, 1.82) is 0 Å². The highest BCUT2D eigenvalue weighted by molar-refractivity contribution is 7.80. The molecule has 0 heterocycles. The third kappa shape index (κ3) is 4.29. The number of hydrogen-bond donors (Lipinski definition) is 1.